The van der Waals surface area contributed by atoms with Gasteiger partial charge in [0.2, 0.25) is 11.7 Å². The lowest BCUT2D eigenvalue weighted by molar-refractivity contribution is 0.0704. The van der Waals surface area contributed by atoms with Gasteiger partial charge in [0.05, 0.1) is 7.11 Å². The zero-order chi connectivity index (χ0) is 17.9. The molecule has 0 N–H and O–H groups in total. The number of pyridine rings is 1. The lowest BCUT2D eigenvalue weighted by Gasteiger charge is -2.21. The third-order valence-corrected chi connectivity index (χ3v) is 4.47. The molecule has 4 rings (SSSR count). The zero-order valence-electron chi connectivity index (χ0n) is 14.3. The lowest BCUT2D eigenvalue weighted by atomic mass is 10.2. The van der Waals surface area contributed by atoms with Crippen molar-refractivity contribution in [3.8, 4) is 17.1 Å². The molecule has 1 amide bonds. The second kappa shape index (κ2) is 6.95. The van der Waals surface area contributed by atoms with Crippen LogP contribution in [0.1, 0.15) is 35.3 Å². The van der Waals surface area contributed by atoms with E-state index in [4.69, 9.17) is 9.26 Å². The van der Waals surface area contributed by atoms with E-state index in [1.54, 1.807) is 36.4 Å². The first kappa shape index (κ1) is 16.3. The van der Waals surface area contributed by atoms with Gasteiger partial charge in [-0.25, -0.2) is 0 Å². The second-order valence-corrected chi connectivity index (χ2v) is 6.06. The summed E-state index contributed by atoms with van der Waals surface area (Å²) < 4.78 is 10.6. The summed E-state index contributed by atoms with van der Waals surface area (Å²) in [5.41, 5.74) is 1.26. The van der Waals surface area contributed by atoms with Gasteiger partial charge in [-0.05, 0) is 49.2 Å². The van der Waals surface area contributed by atoms with Gasteiger partial charge in [-0.1, -0.05) is 11.2 Å². The van der Waals surface area contributed by atoms with E-state index in [1.165, 1.54) is 0 Å². The SMILES string of the molecule is COc1ccc(-c2noc([C@H]3CCCN3C(=O)c3ccccn3)n2)cc1. The van der Waals surface area contributed by atoms with Crippen molar-refractivity contribution in [3.63, 3.8) is 0 Å². The predicted octanol–water partition coefficient (Wildman–Crippen LogP) is 3.12. The Kier molecular flexibility index (Phi) is 4.35. The van der Waals surface area contributed by atoms with Crippen molar-refractivity contribution >= 4 is 5.91 Å². The predicted molar refractivity (Wildman–Crippen MR) is 93.5 cm³/mol. The standard InChI is InChI=1S/C19H18N4O3/c1-25-14-9-7-13(8-10-14)17-21-18(26-22-17)16-6-4-12-23(16)19(24)15-5-2-3-11-20-15/h2-3,5,7-11,16H,4,6,12H2,1H3/t16-/m1/s1. The monoisotopic (exact) mass is 350 g/mol. The summed E-state index contributed by atoms with van der Waals surface area (Å²) in [5, 5.41) is 4.07. The summed E-state index contributed by atoms with van der Waals surface area (Å²) >= 11 is 0. The molecule has 1 atom stereocenters. The zero-order valence-corrected chi connectivity index (χ0v) is 14.3. The Balaban J connectivity index is 1.57. The number of rotatable bonds is 4. The highest BCUT2D eigenvalue weighted by molar-refractivity contribution is 5.92. The first-order valence-corrected chi connectivity index (χ1v) is 8.46. The van der Waals surface area contributed by atoms with Crippen molar-refractivity contribution in [1.82, 2.24) is 20.0 Å². The fourth-order valence-electron chi connectivity index (χ4n) is 3.13. The molecule has 1 saturated heterocycles. The number of hydrogen-bond acceptors (Lipinski definition) is 6. The van der Waals surface area contributed by atoms with Gasteiger partial charge in [-0.2, -0.15) is 4.98 Å². The van der Waals surface area contributed by atoms with Gasteiger partial charge in [-0.15, -0.1) is 0 Å². The van der Waals surface area contributed by atoms with Gasteiger partial charge in [0, 0.05) is 18.3 Å². The summed E-state index contributed by atoms with van der Waals surface area (Å²) in [4.78, 5) is 23.2. The summed E-state index contributed by atoms with van der Waals surface area (Å²) in [6.45, 7) is 0.653. The van der Waals surface area contributed by atoms with Crippen LogP contribution in [0.25, 0.3) is 11.4 Å². The highest BCUT2D eigenvalue weighted by Crippen LogP contribution is 2.33. The smallest absolute Gasteiger partial charge is 0.273 e. The molecule has 7 nitrogen and oxygen atoms in total. The molecule has 7 heteroatoms. The van der Waals surface area contributed by atoms with E-state index in [1.807, 2.05) is 24.3 Å². The number of nitrogens with zero attached hydrogens (tertiary/aromatic N) is 4. The Morgan fingerprint density at radius 1 is 1.23 bits per heavy atom. The van der Waals surface area contributed by atoms with Crippen LogP contribution in [0.15, 0.2) is 53.2 Å². The average molecular weight is 350 g/mol. The van der Waals surface area contributed by atoms with E-state index in [9.17, 15) is 4.79 Å². The first-order chi connectivity index (χ1) is 12.8. The van der Waals surface area contributed by atoms with E-state index in [0.717, 1.165) is 24.2 Å². The molecule has 0 bridgehead atoms. The summed E-state index contributed by atoms with van der Waals surface area (Å²) in [7, 11) is 1.62. The molecule has 0 aliphatic carbocycles. The number of amides is 1. The Morgan fingerprint density at radius 2 is 2.08 bits per heavy atom. The minimum atomic E-state index is -0.219. The van der Waals surface area contributed by atoms with Crippen molar-refractivity contribution in [2.75, 3.05) is 13.7 Å². The average Bonchev–Trinajstić information content (AvgIpc) is 3.37. The second-order valence-electron chi connectivity index (χ2n) is 6.06. The molecule has 26 heavy (non-hydrogen) atoms. The molecular formula is C19H18N4O3. The number of benzene rings is 1. The third kappa shape index (κ3) is 3.03. The number of carbonyl (C=O) groups excluding carboxylic acids is 1. The minimum Gasteiger partial charge on any atom is -0.497 e. The van der Waals surface area contributed by atoms with Crippen LogP contribution in [0.4, 0.5) is 0 Å². The molecule has 0 spiro atoms. The van der Waals surface area contributed by atoms with Gasteiger partial charge in [-0.3, -0.25) is 9.78 Å². The lowest BCUT2D eigenvalue weighted by Crippen LogP contribution is -2.31. The fraction of sp³-hybridized carbons (Fsp3) is 0.263. The molecule has 3 aromatic rings. The number of methoxy groups -OCH3 is 1. The Morgan fingerprint density at radius 3 is 2.81 bits per heavy atom. The number of ether oxygens (including phenoxy) is 1. The molecule has 1 aliphatic heterocycles. The maximum absolute atomic E-state index is 12.7. The van der Waals surface area contributed by atoms with E-state index >= 15 is 0 Å². The third-order valence-electron chi connectivity index (χ3n) is 4.47. The minimum absolute atomic E-state index is 0.114. The molecule has 2 aromatic heterocycles. The number of likely N-dealkylation sites (tertiary alicyclic amines) is 1. The Bertz CT molecular complexity index is 893. The number of carbonyl (C=O) groups is 1. The molecule has 1 aliphatic rings. The quantitative estimate of drug-likeness (QED) is 0.719. The molecular weight excluding hydrogens is 332 g/mol. The van der Waals surface area contributed by atoms with Crippen LogP contribution >= 0.6 is 0 Å². The molecule has 0 unspecified atom stereocenters. The van der Waals surface area contributed by atoms with Crippen molar-refractivity contribution in [3.05, 3.63) is 60.2 Å². The van der Waals surface area contributed by atoms with E-state index in [0.29, 0.717) is 24.0 Å². The van der Waals surface area contributed by atoms with E-state index in [-0.39, 0.29) is 11.9 Å². The maximum atomic E-state index is 12.7. The van der Waals surface area contributed by atoms with Gasteiger partial charge in [0.25, 0.3) is 5.91 Å². The van der Waals surface area contributed by atoms with Crippen LogP contribution in [0, 0.1) is 0 Å². The van der Waals surface area contributed by atoms with Crippen LogP contribution in [-0.2, 0) is 0 Å². The van der Waals surface area contributed by atoms with Gasteiger partial charge < -0.3 is 14.2 Å². The fourth-order valence-corrected chi connectivity index (χ4v) is 3.13. The van der Waals surface area contributed by atoms with Crippen LogP contribution < -0.4 is 4.74 Å². The molecule has 0 radical (unpaired) electrons. The summed E-state index contributed by atoms with van der Waals surface area (Å²) in [6.07, 6.45) is 3.30. The van der Waals surface area contributed by atoms with Crippen LogP contribution in [0.5, 0.6) is 5.75 Å². The van der Waals surface area contributed by atoms with Crippen LogP contribution in [-0.4, -0.2) is 39.6 Å². The van der Waals surface area contributed by atoms with E-state index in [2.05, 4.69) is 15.1 Å². The summed E-state index contributed by atoms with van der Waals surface area (Å²) in [5.74, 6) is 1.61. The van der Waals surface area contributed by atoms with Gasteiger partial charge in [0.1, 0.15) is 17.5 Å². The molecule has 0 saturated carbocycles. The van der Waals surface area contributed by atoms with E-state index < -0.39 is 0 Å². The highest BCUT2D eigenvalue weighted by Gasteiger charge is 2.35. The van der Waals surface area contributed by atoms with Gasteiger partial charge >= 0.3 is 0 Å². The number of aromatic nitrogens is 3. The summed E-state index contributed by atoms with van der Waals surface area (Å²) in [6, 6.07) is 12.5. The topological polar surface area (TPSA) is 81.4 Å². The van der Waals surface area contributed by atoms with Crippen molar-refractivity contribution in [2.45, 2.75) is 18.9 Å². The van der Waals surface area contributed by atoms with Crippen molar-refractivity contribution in [2.24, 2.45) is 0 Å². The first-order valence-electron chi connectivity index (χ1n) is 8.46. The molecule has 1 aromatic carbocycles. The van der Waals surface area contributed by atoms with Crippen LogP contribution in [0.2, 0.25) is 0 Å². The van der Waals surface area contributed by atoms with Crippen LogP contribution in [0.3, 0.4) is 0 Å². The maximum Gasteiger partial charge on any atom is 0.273 e. The van der Waals surface area contributed by atoms with Crippen molar-refractivity contribution in [1.29, 1.82) is 0 Å². The van der Waals surface area contributed by atoms with Crippen molar-refractivity contribution < 1.29 is 14.1 Å². The molecule has 3 heterocycles. The normalized spacial score (nSPS) is 16.7. The largest absolute Gasteiger partial charge is 0.497 e. The molecule has 132 valence electrons. The molecule has 1 fully saturated rings. The van der Waals surface area contributed by atoms with Gasteiger partial charge in [0.15, 0.2) is 0 Å². The Labute approximate surface area is 150 Å². The highest BCUT2D eigenvalue weighted by atomic mass is 16.5. The Hall–Kier alpha value is -3.22. The number of hydrogen-bond donors (Lipinski definition) is 0.